The van der Waals surface area contributed by atoms with E-state index >= 15 is 0 Å². The van der Waals surface area contributed by atoms with Gasteiger partial charge in [0.15, 0.2) is 17.5 Å². The molecule has 4 rings (SSSR count). The van der Waals surface area contributed by atoms with Gasteiger partial charge in [-0.3, -0.25) is 10.1 Å². The van der Waals surface area contributed by atoms with E-state index in [4.69, 9.17) is 0 Å². The number of aromatic amines is 1. The molecule has 0 radical (unpaired) electrons. The number of hydrogen-bond acceptors (Lipinski definition) is 7. The van der Waals surface area contributed by atoms with Gasteiger partial charge < -0.3 is 16.0 Å². The highest BCUT2D eigenvalue weighted by molar-refractivity contribution is 5.69. The molecule has 0 bridgehead atoms. The molecular formula is C20H22N8. The Morgan fingerprint density at radius 1 is 1.07 bits per heavy atom. The Morgan fingerprint density at radius 2 is 1.86 bits per heavy atom. The van der Waals surface area contributed by atoms with Gasteiger partial charge in [0.05, 0.1) is 23.6 Å². The number of benzene rings is 1. The molecule has 1 aliphatic rings. The van der Waals surface area contributed by atoms with Gasteiger partial charge in [-0.1, -0.05) is 12.8 Å². The van der Waals surface area contributed by atoms with Crippen LogP contribution in [-0.2, 0) is 0 Å². The number of rotatable bonds is 6. The molecule has 2 heterocycles. The Kier molecular flexibility index (Phi) is 5.06. The van der Waals surface area contributed by atoms with Crippen LogP contribution in [-0.4, -0.2) is 26.2 Å². The number of nitrogens with zero attached hydrogens (tertiary/aromatic N) is 4. The molecule has 3 aromatic rings. The summed E-state index contributed by atoms with van der Waals surface area (Å²) in [4.78, 5) is 8.75. The summed E-state index contributed by atoms with van der Waals surface area (Å²) in [7, 11) is 0. The predicted octanol–water partition coefficient (Wildman–Crippen LogP) is 4.22. The fourth-order valence-corrected chi connectivity index (χ4v) is 3.38. The van der Waals surface area contributed by atoms with Crippen LogP contribution in [0.25, 0.3) is 0 Å². The quantitative estimate of drug-likeness (QED) is 0.510. The van der Waals surface area contributed by atoms with Crippen LogP contribution < -0.4 is 16.0 Å². The third-order valence-corrected chi connectivity index (χ3v) is 4.72. The number of nitrogens with one attached hydrogen (secondary N) is 4. The molecule has 0 spiro atoms. The first kappa shape index (κ1) is 17.8. The van der Waals surface area contributed by atoms with E-state index in [1.165, 1.54) is 12.8 Å². The number of anilines is 5. The average molecular weight is 374 g/mol. The summed E-state index contributed by atoms with van der Waals surface area (Å²) in [6.07, 6.45) is 8.07. The zero-order valence-corrected chi connectivity index (χ0v) is 15.7. The molecule has 28 heavy (non-hydrogen) atoms. The fourth-order valence-electron chi connectivity index (χ4n) is 3.38. The van der Waals surface area contributed by atoms with Gasteiger partial charge in [0.2, 0.25) is 0 Å². The minimum Gasteiger partial charge on any atom is -0.381 e. The molecule has 8 nitrogen and oxygen atoms in total. The standard InChI is InChI=1S/C20H22N8/c1-13-8-18(28-27-13)25-20-12-22-11-19(26-20)24-16-7-6-14(10-21)17(9-16)23-15-4-2-3-5-15/h6-9,11-12,15,23H,2-5H2,1H3,(H3,24,25,26,27,28). The minimum absolute atomic E-state index is 0.437. The molecule has 0 aliphatic heterocycles. The van der Waals surface area contributed by atoms with Crippen LogP contribution in [0, 0.1) is 18.3 Å². The van der Waals surface area contributed by atoms with Crippen molar-refractivity contribution >= 4 is 28.8 Å². The molecule has 1 saturated carbocycles. The molecule has 1 fully saturated rings. The van der Waals surface area contributed by atoms with Crippen molar-refractivity contribution in [3.05, 3.63) is 47.9 Å². The maximum Gasteiger partial charge on any atom is 0.153 e. The lowest BCUT2D eigenvalue weighted by Crippen LogP contribution is -2.15. The zero-order chi connectivity index (χ0) is 19.3. The van der Waals surface area contributed by atoms with Crippen molar-refractivity contribution < 1.29 is 0 Å². The lowest BCUT2D eigenvalue weighted by molar-refractivity contribution is 0.755. The third-order valence-electron chi connectivity index (χ3n) is 4.72. The summed E-state index contributed by atoms with van der Waals surface area (Å²) < 4.78 is 0. The molecular weight excluding hydrogens is 352 g/mol. The van der Waals surface area contributed by atoms with Gasteiger partial charge in [0, 0.05) is 23.5 Å². The SMILES string of the molecule is Cc1cc(Nc2cncc(Nc3ccc(C#N)c(NC4CCCC4)c3)n2)n[nH]1. The summed E-state index contributed by atoms with van der Waals surface area (Å²) in [5.74, 6) is 1.88. The zero-order valence-electron chi connectivity index (χ0n) is 15.7. The van der Waals surface area contributed by atoms with Gasteiger partial charge in [-0.25, -0.2) is 4.98 Å². The minimum atomic E-state index is 0.437. The van der Waals surface area contributed by atoms with Gasteiger partial charge in [-0.15, -0.1) is 0 Å². The molecule has 1 aliphatic carbocycles. The monoisotopic (exact) mass is 374 g/mol. The number of aromatic nitrogens is 4. The van der Waals surface area contributed by atoms with Crippen LogP contribution >= 0.6 is 0 Å². The van der Waals surface area contributed by atoms with E-state index in [9.17, 15) is 5.26 Å². The highest BCUT2D eigenvalue weighted by Crippen LogP contribution is 2.27. The number of H-pyrrole nitrogens is 1. The summed E-state index contributed by atoms with van der Waals surface area (Å²) >= 11 is 0. The maximum absolute atomic E-state index is 9.40. The third kappa shape index (κ3) is 4.20. The second kappa shape index (κ2) is 7.96. The van der Waals surface area contributed by atoms with Gasteiger partial charge in [0.25, 0.3) is 0 Å². The van der Waals surface area contributed by atoms with Crippen LogP contribution in [0.3, 0.4) is 0 Å². The Bertz CT molecular complexity index is 997. The van der Waals surface area contributed by atoms with Crippen molar-refractivity contribution in [1.82, 2.24) is 20.2 Å². The molecule has 8 heteroatoms. The summed E-state index contributed by atoms with van der Waals surface area (Å²) in [6.45, 7) is 1.93. The van der Waals surface area contributed by atoms with Crippen molar-refractivity contribution in [1.29, 1.82) is 5.26 Å². The van der Waals surface area contributed by atoms with E-state index in [-0.39, 0.29) is 0 Å². The van der Waals surface area contributed by atoms with E-state index in [0.717, 1.165) is 29.9 Å². The van der Waals surface area contributed by atoms with Gasteiger partial charge in [0.1, 0.15) is 6.07 Å². The van der Waals surface area contributed by atoms with Crippen molar-refractivity contribution in [3.63, 3.8) is 0 Å². The molecule has 4 N–H and O–H groups in total. The van der Waals surface area contributed by atoms with Crippen molar-refractivity contribution in [2.24, 2.45) is 0 Å². The lowest BCUT2D eigenvalue weighted by atomic mass is 10.1. The number of nitriles is 1. The lowest BCUT2D eigenvalue weighted by Gasteiger charge is -2.16. The van der Waals surface area contributed by atoms with Crippen molar-refractivity contribution in [2.75, 3.05) is 16.0 Å². The normalized spacial score (nSPS) is 13.9. The Balaban J connectivity index is 1.50. The number of hydrogen-bond donors (Lipinski definition) is 4. The van der Waals surface area contributed by atoms with E-state index < -0.39 is 0 Å². The first-order chi connectivity index (χ1) is 13.7. The molecule has 142 valence electrons. The maximum atomic E-state index is 9.40. The van der Waals surface area contributed by atoms with Crippen LogP contribution in [0.4, 0.5) is 28.8 Å². The van der Waals surface area contributed by atoms with Crippen molar-refractivity contribution in [3.8, 4) is 6.07 Å². The average Bonchev–Trinajstić information content (AvgIpc) is 3.34. The van der Waals surface area contributed by atoms with Crippen LogP contribution in [0.2, 0.25) is 0 Å². The molecule has 1 aromatic carbocycles. The summed E-state index contributed by atoms with van der Waals surface area (Å²) in [5.41, 5.74) is 3.31. The van der Waals surface area contributed by atoms with E-state index in [0.29, 0.717) is 29.1 Å². The fraction of sp³-hybridized carbons (Fsp3) is 0.300. The predicted molar refractivity (Wildman–Crippen MR) is 109 cm³/mol. The van der Waals surface area contributed by atoms with E-state index in [2.05, 4.69) is 42.2 Å². The smallest absolute Gasteiger partial charge is 0.153 e. The Morgan fingerprint density at radius 3 is 2.57 bits per heavy atom. The van der Waals surface area contributed by atoms with E-state index in [1.807, 2.05) is 31.2 Å². The highest BCUT2D eigenvalue weighted by Gasteiger charge is 2.16. The highest BCUT2D eigenvalue weighted by atomic mass is 15.2. The molecule has 2 aromatic heterocycles. The molecule has 0 unspecified atom stereocenters. The van der Waals surface area contributed by atoms with Gasteiger partial charge in [-0.2, -0.15) is 10.4 Å². The van der Waals surface area contributed by atoms with Crippen LogP contribution in [0.5, 0.6) is 0 Å². The Labute approximate surface area is 163 Å². The van der Waals surface area contributed by atoms with Crippen LogP contribution in [0.1, 0.15) is 36.9 Å². The Hall–Kier alpha value is -3.60. The summed E-state index contributed by atoms with van der Waals surface area (Å²) in [5, 5.41) is 26.3. The first-order valence-corrected chi connectivity index (χ1v) is 9.38. The molecule has 0 amide bonds. The van der Waals surface area contributed by atoms with Crippen molar-refractivity contribution in [2.45, 2.75) is 38.6 Å². The first-order valence-electron chi connectivity index (χ1n) is 9.38. The molecule has 0 atom stereocenters. The van der Waals surface area contributed by atoms with Gasteiger partial charge >= 0.3 is 0 Å². The second-order valence-corrected chi connectivity index (χ2v) is 6.97. The topological polar surface area (TPSA) is 114 Å². The van der Waals surface area contributed by atoms with Gasteiger partial charge in [-0.05, 0) is 38.0 Å². The van der Waals surface area contributed by atoms with Crippen LogP contribution in [0.15, 0.2) is 36.7 Å². The second-order valence-electron chi connectivity index (χ2n) is 6.97. The largest absolute Gasteiger partial charge is 0.381 e. The van der Waals surface area contributed by atoms with E-state index in [1.54, 1.807) is 12.4 Å². The number of aryl methyl sites for hydroxylation is 1. The summed E-state index contributed by atoms with van der Waals surface area (Å²) in [6, 6.07) is 10.2. The molecule has 0 saturated heterocycles.